The molecule has 0 bridgehead atoms. The van der Waals surface area contributed by atoms with E-state index in [0.29, 0.717) is 0 Å². The highest BCUT2D eigenvalue weighted by Gasteiger charge is 2.05. The summed E-state index contributed by atoms with van der Waals surface area (Å²) < 4.78 is 0. The lowest BCUT2D eigenvalue weighted by molar-refractivity contribution is 0.622. The van der Waals surface area contributed by atoms with Crippen LogP contribution in [0.25, 0.3) is 0 Å². The largest absolute Gasteiger partial charge is 0.303 e. The van der Waals surface area contributed by atoms with E-state index in [1.54, 1.807) is 0 Å². The highest BCUT2D eigenvalue weighted by Crippen LogP contribution is 2.15. The first kappa shape index (κ1) is 12.6. The first-order chi connectivity index (χ1) is 8.79. The molecule has 1 atom stereocenters. The van der Waals surface area contributed by atoms with E-state index in [1.165, 1.54) is 16.7 Å². The van der Waals surface area contributed by atoms with E-state index in [9.17, 15) is 0 Å². The molecule has 0 aliphatic heterocycles. The van der Waals surface area contributed by atoms with Gasteiger partial charge in [0.2, 0.25) is 0 Å². The lowest BCUT2D eigenvalue weighted by Gasteiger charge is -2.15. The molecule has 0 fully saturated rings. The van der Waals surface area contributed by atoms with Gasteiger partial charge < -0.3 is 5.32 Å². The van der Waals surface area contributed by atoms with Crippen molar-refractivity contribution < 1.29 is 0 Å². The molecule has 2 aromatic carbocycles. The Bertz CT molecular complexity index is 485. The number of aryl methyl sites for hydroxylation is 1. The SMILES string of the molecule is C=C[C@H](NCc1ccccc1)c1ccc(C)cc1. The fourth-order valence-electron chi connectivity index (χ4n) is 1.93. The van der Waals surface area contributed by atoms with Crippen LogP contribution in [-0.4, -0.2) is 0 Å². The summed E-state index contributed by atoms with van der Waals surface area (Å²) in [5.41, 5.74) is 3.83. The molecule has 0 heterocycles. The molecule has 0 amide bonds. The summed E-state index contributed by atoms with van der Waals surface area (Å²) in [5, 5.41) is 3.50. The van der Waals surface area contributed by atoms with Gasteiger partial charge in [-0.25, -0.2) is 0 Å². The van der Waals surface area contributed by atoms with E-state index in [4.69, 9.17) is 0 Å². The van der Waals surface area contributed by atoms with Crippen molar-refractivity contribution in [2.24, 2.45) is 0 Å². The van der Waals surface area contributed by atoms with Gasteiger partial charge in [-0.2, -0.15) is 0 Å². The van der Waals surface area contributed by atoms with Crippen molar-refractivity contribution in [1.29, 1.82) is 0 Å². The van der Waals surface area contributed by atoms with Crippen LogP contribution in [0.5, 0.6) is 0 Å². The van der Waals surface area contributed by atoms with Gasteiger partial charge in [0.25, 0.3) is 0 Å². The number of hydrogen-bond donors (Lipinski definition) is 1. The molecule has 0 radical (unpaired) electrons. The Kier molecular flexibility index (Phi) is 4.32. The summed E-state index contributed by atoms with van der Waals surface area (Å²) in [4.78, 5) is 0. The summed E-state index contributed by atoms with van der Waals surface area (Å²) in [7, 11) is 0. The summed E-state index contributed by atoms with van der Waals surface area (Å²) >= 11 is 0. The van der Waals surface area contributed by atoms with Crippen LogP contribution in [0, 0.1) is 6.92 Å². The Morgan fingerprint density at radius 2 is 1.72 bits per heavy atom. The predicted molar refractivity (Wildman–Crippen MR) is 77.4 cm³/mol. The van der Waals surface area contributed by atoms with Gasteiger partial charge in [0.05, 0.1) is 6.04 Å². The van der Waals surface area contributed by atoms with Crippen LogP contribution < -0.4 is 5.32 Å². The van der Waals surface area contributed by atoms with E-state index in [1.807, 2.05) is 12.1 Å². The average molecular weight is 237 g/mol. The van der Waals surface area contributed by atoms with Crippen LogP contribution in [-0.2, 0) is 6.54 Å². The third-order valence-corrected chi connectivity index (χ3v) is 3.04. The van der Waals surface area contributed by atoms with Crippen molar-refractivity contribution in [3.63, 3.8) is 0 Å². The number of rotatable bonds is 5. The standard InChI is InChI=1S/C17H19N/c1-3-17(16-11-9-14(2)10-12-16)18-13-15-7-5-4-6-8-15/h3-12,17-18H,1,13H2,2H3/t17-/m0/s1. The molecule has 0 unspecified atom stereocenters. The van der Waals surface area contributed by atoms with Gasteiger partial charge in [0, 0.05) is 6.54 Å². The van der Waals surface area contributed by atoms with E-state index in [2.05, 4.69) is 67.4 Å². The Hall–Kier alpha value is -1.86. The van der Waals surface area contributed by atoms with Crippen molar-refractivity contribution in [2.75, 3.05) is 0 Å². The predicted octanol–water partition coefficient (Wildman–Crippen LogP) is 4.01. The third-order valence-electron chi connectivity index (χ3n) is 3.04. The topological polar surface area (TPSA) is 12.0 Å². The Morgan fingerprint density at radius 3 is 2.33 bits per heavy atom. The van der Waals surface area contributed by atoms with Crippen molar-refractivity contribution in [3.8, 4) is 0 Å². The van der Waals surface area contributed by atoms with Gasteiger partial charge in [-0.1, -0.05) is 66.2 Å². The number of benzene rings is 2. The molecule has 0 aliphatic rings. The monoisotopic (exact) mass is 237 g/mol. The maximum absolute atomic E-state index is 3.91. The van der Waals surface area contributed by atoms with E-state index >= 15 is 0 Å². The Morgan fingerprint density at radius 1 is 1.06 bits per heavy atom. The normalized spacial score (nSPS) is 12.1. The van der Waals surface area contributed by atoms with Crippen LogP contribution in [0.15, 0.2) is 67.3 Å². The fourth-order valence-corrected chi connectivity index (χ4v) is 1.93. The quantitative estimate of drug-likeness (QED) is 0.775. The molecule has 2 rings (SSSR count). The highest BCUT2D eigenvalue weighted by atomic mass is 14.9. The minimum Gasteiger partial charge on any atom is -0.303 e. The molecule has 0 aromatic heterocycles. The van der Waals surface area contributed by atoms with Crippen molar-refractivity contribution in [1.82, 2.24) is 5.32 Å². The molecule has 0 saturated carbocycles. The molecular weight excluding hydrogens is 218 g/mol. The first-order valence-electron chi connectivity index (χ1n) is 6.26. The summed E-state index contributed by atoms with van der Waals surface area (Å²) in [5.74, 6) is 0. The first-order valence-corrected chi connectivity index (χ1v) is 6.26. The Balaban J connectivity index is 2.02. The summed E-state index contributed by atoms with van der Waals surface area (Å²) in [6.07, 6.45) is 1.95. The number of hydrogen-bond acceptors (Lipinski definition) is 1. The molecule has 18 heavy (non-hydrogen) atoms. The highest BCUT2D eigenvalue weighted by molar-refractivity contribution is 5.27. The second-order valence-electron chi connectivity index (χ2n) is 4.49. The Labute approximate surface area is 109 Å². The van der Waals surface area contributed by atoms with Gasteiger partial charge in [0.1, 0.15) is 0 Å². The zero-order chi connectivity index (χ0) is 12.8. The molecule has 2 aromatic rings. The maximum atomic E-state index is 3.91. The van der Waals surface area contributed by atoms with Crippen LogP contribution >= 0.6 is 0 Å². The fraction of sp³-hybridized carbons (Fsp3) is 0.176. The molecule has 1 heteroatoms. The average Bonchev–Trinajstić information content (AvgIpc) is 2.42. The van der Waals surface area contributed by atoms with E-state index < -0.39 is 0 Å². The van der Waals surface area contributed by atoms with E-state index in [0.717, 1.165) is 6.54 Å². The van der Waals surface area contributed by atoms with Crippen LogP contribution in [0.3, 0.4) is 0 Å². The minimum atomic E-state index is 0.200. The number of nitrogens with one attached hydrogen (secondary N) is 1. The zero-order valence-corrected chi connectivity index (χ0v) is 10.8. The van der Waals surface area contributed by atoms with Gasteiger partial charge in [0.15, 0.2) is 0 Å². The summed E-state index contributed by atoms with van der Waals surface area (Å²) in [6.45, 7) is 6.86. The second kappa shape index (κ2) is 6.18. The molecule has 0 aliphatic carbocycles. The molecule has 92 valence electrons. The zero-order valence-electron chi connectivity index (χ0n) is 10.8. The second-order valence-corrected chi connectivity index (χ2v) is 4.49. The maximum Gasteiger partial charge on any atom is 0.0506 e. The molecule has 0 saturated heterocycles. The van der Waals surface area contributed by atoms with Crippen molar-refractivity contribution in [2.45, 2.75) is 19.5 Å². The lowest BCUT2D eigenvalue weighted by Crippen LogP contribution is -2.18. The molecule has 1 nitrogen and oxygen atoms in total. The molecule has 0 spiro atoms. The summed E-state index contributed by atoms with van der Waals surface area (Å²) in [6, 6.07) is 19.2. The molecule has 1 N–H and O–H groups in total. The smallest absolute Gasteiger partial charge is 0.0506 e. The minimum absolute atomic E-state index is 0.200. The van der Waals surface area contributed by atoms with Gasteiger partial charge in [-0.3, -0.25) is 0 Å². The van der Waals surface area contributed by atoms with Gasteiger partial charge in [-0.05, 0) is 18.1 Å². The third kappa shape index (κ3) is 3.31. The van der Waals surface area contributed by atoms with Gasteiger partial charge in [-0.15, -0.1) is 6.58 Å². The van der Waals surface area contributed by atoms with Crippen molar-refractivity contribution in [3.05, 3.63) is 83.9 Å². The van der Waals surface area contributed by atoms with Crippen LogP contribution in [0.1, 0.15) is 22.7 Å². The van der Waals surface area contributed by atoms with Gasteiger partial charge >= 0.3 is 0 Å². The van der Waals surface area contributed by atoms with Crippen LogP contribution in [0.4, 0.5) is 0 Å². The molecular formula is C17H19N. The van der Waals surface area contributed by atoms with E-state index in [-0.39, 0.29) is 6.04 Å². The van der Waals surface area contributed by atoms with Crippen molar-refractivity contribution >= 4 is 0 Å². The lowest BCUT2D eigenvalue weighted by atomic mass is 10.0. The van der Waals surface area contributed by atoms with Crippen LogP contribution in [0.2, 0.25) is 0 Å².